The highest BCUT2D eigenvalue weighted by atomic mass is 79.9. The van der Waals surface area contributed by atoms with Crippen LogP contribution in [0.25, 0.3) is 0 Å². The van der Waals surface area contributed by atoms with Crippen LogP contribution < -0.4 is 0 Å². The minimum Gasteiger partial charge on any atom is -0.258 e. The van der Waals surface area contributed by atoms with Gasteiger partial charge in [0.2, 0.25) is 5.82 Å². The monoisotopic (exact) mass is 279 g/mol. The first kappa shape index (κ1) is 12.0. The summed E-state index contributed by atoms with van der Waals surface area (Å²) >= 11 is 3.19. The molecule has 0 fully saturated rings. The zero-order chi connectivity index (χ0) is 11.6. The summed E-state index contributed by atoms with van der Waals surface area (Å²) in [5.41, 5.74) is -0.707. The molecule has 1 atom stereocenters. The number of hydrogen-bond acceptors (Lipinski definition) is 2. The fourth-order valence-electron chi connectivity index (χ4n) is 1.18. The number of halogens is 3. The van der Waals surface area contributed by atoms with Crippen LogP contribution in [0.15, 0.2) is 12.1 Å². The number of nitro groups is 1. The van der Waals surface area contributed by atoms with Crippen molar-refractivity contribution in [2.24, 2.45) is 0 Å². The molecule has 15 heavy (non-hydrogen) atoms. The maximum Gasteiger partial charge on any atom is 0.307 e. The lowest BCUT2D eigenvalue weighted by molar-refractivity contribution is -0.387. The van der Waals surface area contributed by atoms with Crippen LogP contribution in [0.2, 0.25) is 0 Å². The second kappa shape index (κ2) is 4.65. The van der Waals surface area contributed by atoms with Crippen molar-refractivity contribution in [2.45, 2.75) is 18.2 Å². The molecule has 0 aliphatic heterocycles. The Hall–Kier alpha value is -1.04. The zero-order valence-corrected chi connectivity index (χ0v) is 9.42. The summed E-state index contributed by atoms with van der Waals surface area (Å²) in [7, 11) is 0. The van der Waals surface area contributed by atoms with Crippen LogP contribution in [0.4, 0.5) is 14.5 Å². The molecule has 0 bridgehead atoms. The first-order valence-corrected chi connectivity index (χ1v) is 5.09. The van der Waals surface area contributed by atoms with E-state index in [2.05, 4.69) is 15.9 Å². The van der Waals surface area contributed by atoms with E-state index in [1.54, 1.807) is 6.92 Å². The SMILES string of the molecule is CC(Br)Cc1cc(F)c([N+](=O)[O-])cc1F. The van der Waals surface area contributed by atoms with Crippen LogP contribution >= 0.6 is 15.9 Å². The second-order valence-corrected chi connectivity index (χ2v) is 4.70. The van der Waals surface area contributed by atoms with Crippen molar-refractivity contribution in [3.8, 4) is 0 Å². The number of rotatable bonds is 3. The Balaban J connectivity index is 3.13. The fraction of sp³-hybridized carbons (Fsp3) is 0.333. The third kappa shape index (κ3) is 2.95. The molecule has 0 heterocycles. The molecule has 1 rings (SSSR count). The number of nitro benzene ring substituents is 1. The largest absolute Gasteiger partial charge is 0.307 e. The normalized spacial score (nSPS) is 12.5. The molecule has 0 N–H and O–H groups in total. The summed E-state index contributed by atoms with van der Waals surface area (Å²) in [6, 6.07) is 1.48. The van der Waals surface area contributed by atoms with Crippen molar-refractivity contribution in [3.05, 3.63) is 39.4 Å². The van der Waals surface area contributed by atoms with Gasteiger partial charge in [-0.3, -0.25) is 10.1 Å². The summed E-state index contributed by atoms with van der Waals surface area (Å²) in [6.45, 7) is 1.78. The molecule has 0 saturated heterocycles. The molecule has 0 aromatic heterocycles. The van der Waals surface area contributed by atoms with Gasteiger partial charge in [-0.2, -0.15) is 4.39 Å². The van der Waals surface area contributed by atoms with E-state index in [-0.39, 0.29) is 16.8 Å². The Bertz CT molecular complexity index is 396. The quantitative estimate of drug-likeness (QED) is 0.484. The van der Waals surface area contributed by atoms with Gasteiger partial charge in [-0.05, 0) is 18.1 Å². The Morgan fingerprint density at radius 2 is 2.07 bits per heavy atom. The molecule has 3 nitrogen and oxygen atoms in total. The van der Waals surface area contributed by atoms with Crippen LogP contribution in [0.1, 0.15) is 12.5 Å². The van der Waals surface area contributed by atoms with Crippen molar-refractivity contribution in [3.63, 3.8) is 0 Å². The highest BCUT2D eigenvalue weighted by Gasteiger charge is 2.18. The van der Waals surface area contributed by atoms with Gasteiger partial charge in [-0.1, -0.05) is 22.9 Å². The fourth-order valence-corrected chi connectivity index (χ4v) is 1.53. The molecule has 1 unspecified atom stereocenters. The summed E-state index contributed by atoms with van der Waals surface area (Å²) < 4.78 is 26.4. The van der Waals surface area contributed by atoms with Gasteiger partial charge in [-0.15, -0.1) is 0 Å². The predicted octanol–water partition coefficient (Wildman–Crippen LogP) is 3.20. The third-order valence-electron chi connectivity index (χ3n) is 1.81. The van der Waals surface area contributed by atoms with Crippen molar-refractivity contribution < 1.29 is 13.7 Å². The molecule has 0 saturated carbocycles. The lowest BCUT2D eigenvalue weighted by atomic mass is 10.1. The van der Waals surface area contributed by atoms with Gasteiger partial charge in [0.25, 0.3) is 0 Å². The Labute approximate surface area is 93.4 Å². The lowest BCUT2D eigenvalue weighted by Crippen LogP contribution is -2.02. The number of nitrogens with zero attached hydrogens (tertiary/aromatic N) is 1. The second-order valence-electron chi connectivity index (χ2n) is 3.14. The van der Waals surface area contributed by atoms with Gasteiger partial charge in [-0.25, -0.2) is 4.39 Å². The Morgan fingerprint density at radius 3 is 2.53 bits per heavy atom. The van der Waals surface area contributed by atoms with Crippen molar-refractivity contribution in [1.82, 2.24) is 0 Å². The molecule has 1 aromatic rings. The average Bonchev–Trinajstić information content (AvgIpc) is 2.09. The summed E-state index contributed by atoms with van der Waals surface area (Å²) in [5, 5.41) is 10.3. The lowest BCUT2D eigenvalue weighted by Gasteiger charge is -2.05. The minimum atomic E-state index is -1.01. The van der Waals surface area contributed by atoms with Gasteiger partial charge >= 0.3 is 5.69 Å². The van der Waals surface area contributed by atoms with Gasteiger partial charge < -0.3 is 0 Å². The predicted molar refractivity (Wildman–Crippen MR) is 55.1 cm³/mol. The minimum absolute atomic E-state index is 0.0205. The molecule has 82 valence electrons. The van der Waals surface area contributed by atoms with Crippen LogP contribution in [-0.4, -0.2) is 9.75 Å². The van der Waals surface area contributed by atoms with Crippen molar-refractivity contribution in [1.29, 1.82) is 0 Å². The summed E-state index contributed by atoms with van der Waals surface area (Å²) in [6.07, 6.45) is 0.279. The first-order chi connectivity index (χ1) is 6.91. The van der Waals surface area contributed by atoms with E-state index in [1.165, 1.54) is 0 Å². The van der Waals surface area contributed by atoms with E-state index < -0.39 is 22.2 Å². The molecule has 0 amide bonds. The molecular formula is C9H8BrF2NO2. The molecule has 0 radical (unpaired) electrons. The molecule has 0 aliphatic rings. The molecular weight excluding hydrogens is 272 g/mol. The zero-order valence-electron chi connectivity index (χ0n) is 7.84. The Morgan fingerprint density at radius 1 is 1.47 bits per heavy atom. The van der Waals surface area contributed by atoms with E-state index in [0.717, 1.165) is 6.07 Å². The smallest absolute Gasteiger partial charge is 0.258 e. The molecule has 0 aliphatic carbocycles. The summed E-state index contributed by atoms with van der Waals surface area (Å²) in [4.78, 5) is 9.33. The van der Waals surface area contributed by atoms with E-state index >= 15 is 0 Å². The van der Waals surface area contributed by atoms with Gasteiger partial charge in [0, 0.05) is 4.83 Å². The number of alkyl halides is 1. The molecule has 1 aromatic carbocycles. The third-order valence-corrected chi connectivity index (χ3v) is 2.14. The van der Waals surface area contributed by atoms with E-state index in [1.807, 2.05) is 0 Å². The van der Waals surface area contributed by atoms with Gasteiger partial charge in [0.1, 0.15) is 5.82 Å². The summed E-state index contributed by atoms with van der Waals surface area (Å²) in [5.74, 6) is -1.76. The first-order valence-electron chi connectivity index (χ1n) is 4.18. The molecule has 0 spiro atoms. The van der Waals surface area contributed by atoms with Crippen LogP contribution in [0, 0.1) is 21.7 Å². The standard InChI is InChI=1S/C9H8BrF2NO2/c1-5(10)2-6-3-8(12)9(13(14)15)4-7(6)11/h3-5H,2H2,1H3. The van der Waals surface area contributed by atoms with Crippen LogP contribution in [0.5, 0.6) is 0 Å². The number of benzene rings is 1. The highest BCUT2D eigenvalue weighted by molar-refractivity contribution is 9.09. The van der Waals surface area contributed by atoms with Crippen LogP contribution in [-0.2, 0) is 6.42 Å². The van der Waals surface area contributed by atoms with E-state index in [9.17, 15) is 18.9 Å². The van der Waals surface area contributed by atoms with E-state index in [4.69, 9.17) is 0 Å². The van der Waals surface area contributed by atoms with Crippen molar-refractivity contribution >= 4 is 21.6 Å². The van der Waals surface area contributed by atoms with Gasteiger partial charge in [0.05, 0.1) is 11.0 Å². The maximum absolute atomic E-state index is 13.3. The molecule has 6 heteroatoms. The maximum atomic E-state index is 13.3. The average molecular weight is 280 g/mol. The van der Waals surface area contributed by atoms with Crippen molar-refractivity contribution in [2.75, 3.05) is 0 Å². The van der Waals surface area contributed by atoms with Gasteiger partial charge in [0.15, 0.2) is 0 Å². The highest BCUT2D eigenvalue weighted by Crippen LogP contribution is 2.23. The van der Waals surface area contributed by atoms with Crippen LogP contribution in [0.3, 0.4) is 0 Å². The Kier molecular flexibility index (Phi) is 3.73. The van der Waals surface area contributed by atoms with E-state index in [0.29, 0.717) is 6.07 Å². The topological polar surface area (TPSA) is 43.1 Å². The number of hydrogen-bond donors (Lipinski definition) is 0.